The van der Waals surface area contributed by atoms with E-state index in [0.717, 1.165) is 15.6 Å². The number of hydrogen-bond donors (Lipinski definition) is 0. The summed E-state index contributed by atoms with van der Waals surface area (Å²) in [6.07, 6.45) is 0.539. The Hall–Kier alpha value is -1.26. The summed E-state index contributed by atoms with van der Waals surface area (Å²) >= 11 is 10.0. The predicted octanol–water partition coefficient (Wildman–Crippen LogP) is 4.88. The third-order valence-corrected chi connectivity index (χ3v) is 4.38. The maximum atomic E-state index is 13.2. The van der Waals surface area contributed by atoms with E-state index in [4.69, 9.17) is 21.1 Å². The third kappa shape index (κ3) is 3.33. The van der Waals surface area contributed by atoms with Crippen LogP contribution in [0, 0.1) is 5.82 Å². The van der Waals surface area contributed by atoms with Crippen molar-refractivity contribution >= 4 is 27.5 Å². The molecule has 0 N–H and O–H groups in total. The number of alkyl halides is 1. The molecule has 0 saturated carbocycles. The highest BCUT2D eigenvalue weighted by Crippen LogP contribution is 2.40. The van der Waals surface area contributed by atoms with Crippen LogP contribution in [0.5, 0.6) is 11.5 Å². The zero-order valence-electron chi connectivity index (χ0n) is 11.1. The van der Waals surface area contributed by atoms with Crippen molar-refractivity contribution in [1.82, 2.24) is 0 Å². The molecule has 1 unspecified atom stereocenters. The van der Waals surface area contributed by atoms with Crippen LogP contribution in [-0.2, 0) is 6.42 Å². The molecule has 5 heteroatoms. The maximum absolute atomic E-state index is 13.2. The molecule has 0 bridgehead atoms. The molecular formula is C16H13BrClFO2. The van der Waals surface area contributed by atoms with Crippen LogP contribution in [0.15, 0.2) is 40.9 Å². The Labute approximate surface area is 136 Å². The molecular weight excluding hydrogens is 359 g/mol. The number of hydrogen-bond acceptors (Lipinski definition) is 2. The van der Waals surface area contributed by atoms with Gasteiger partial charge in [0.25, 0.3) is 0 Å². The lowest BCUT2D eigenvalue weighted by Gasteiger charge is -2.21. The molecule has 0 radical (unpaired) electrons. The minimum absolute atomic E-state index is 0.252. The topological polar surface area (TPSA) is 18.5 Å². The molecule has 0 aromatic heterocycles. The average molecular weight is 372 g/mol. The van der Waals surface area contributed by atoms with Gasteiger partial charge in [-0.25, -0.2) is 4.39 Å². The van der Waals surface area contributed by atoms with Gasteiger partial charge in [0.05, 0.1) is 5.38 Å². The molecule has 110 valence electrons. The molecule has 2 aromatic rings. The van der Waals surface area contributed by atoms with E-state index in [9.17, 15) is 4.39 Å². The molecule has 0 spiro atoms. The van der Waals surface area contributed by atoms with E-state index >= 15 is 0 Å². The monoisotopic (exact) mass is 370 g/mol. The van der Waals surface area contributed by atoms with Gasteiger partial charge in [-0.15, -0.1) is 11.6 Å². The average Bonchev–Trinajstić information content (AvgIpc) is 2.46. The standard InChI is InChI=1S/C16H13BrClFO2/c17-13-9-16-15(20-4-5-21-16)8-12(13)14(18)7-10-2-1-3-11(19)6-10/h1-3,6,8-9,14H,4-5,7H2. The largest absolute Gasteiger partial charge is 0.486 e. The number of rotatable bonds is 3. The normalized spacial score (nSPS) is 14.8. The van der Waals surface area contributed by atoms with Gasteiger partial charge in [-0.05, 0) is 41.8 Å². The van der Waals surface area contributed by atoms with E-state index in [1.165, 1.54) is 12.1 Å². The lowest BCUT2D eigenvalue weighted by atomic mass is 10.0. The van der Waals surface area contributed by atoms with E-state index in [0.29, 0.717) is 31.1 Å². The molecule has 2 aromatic carbocycles. The molecule has 0 fully saturated rings. The predicted molar refractivity (Wildman–Crippen MR) is 83.8 cm³/mol. The number of fused-ring (bicyclic) bond motifs is 1. The Morgan fingerprint density at radius 1 is 1.14 bits per heavy atom. The Morgan fingerprint density at radius 2 is 1.86 bits per heavy atom. The van der Waals surface area contributed by atoms with Gasteiger partial charge in [-0.3, -0.25) is 0 Å². The Balaban J connectivity index is 1.85. The van der Waals surface area contributed by atoms with Crippen LogP contribution >= 0.6 is 27.5 Å². The fourth-order valence-corrected chi connectivity index (χ4v) is 3.39. The molecule has 2 nitrogen and oxygen atoms in total. The van der Waals surface area contributed by atoms with Crippen molar-refractivity contribution in [2.45, 2.75) is 11.8 Å². The van der Waals surface area contributed by atoms with Crippen LogP contribution in [0.1, 0.15) is 16.5 Å². The van der Waals surface area contributed by atoms with Gasteiger partial charge < -0.3 is 9.47 Å². The second-order valence-electron chi connectivity index (χ2n) is 4.82. The van der Waals surface area contributed by atoms with Crippen LogP contribution in [-0.4, -0.2) is 13.2 Å². The molecule has 1 aliphatic rings. The first-order valence-corrected chi connectivity index (χ1v) is 7.84. The van der Waals surface area contributed by atoms with Crippen molar-refractivity contribution < 1.29 is 13.9 Å². The van der Waals surface area contributed by atoms with Crippen LogP contribution in [0.25, 0.3) is 0 Å². The van der Waals surface area contributed by atoms with Crippen molar-refractivity contribution in [2.24, 2.45) is 0 Å². The Bertz CT molecular complexity index is 663. The molecule has 1 heterocycles. The van der Waals surface area contributed by atoms with Crippen molar-refractivity contribution in [2.75, 3.05) is 13.2 Å². The van der Waals surface area contributed by atoms with Gasteiger partial charge in [-0.1, -0.05) is 28.1 Å². The van der Waals surface area contributed by atoms with Crippen LogP contribution in [0.4, 0.5) is 4.39 Å². The summed E-state index contributed by atoms with van der Waals surface area (Å²) < 4.78 is 25.2. The fraction of sp³-hybridized carbons (Fsp3) is 0.250. The summed E-state index contributed by atoms with van der Waals surface area (Å²) in [5.74, 6) is 1.16. The Kier molecular flexibility index (Phi) is 4.36. The van der Waals surface area contributed by atoms with Crippen molar-refractivity contribution in [3.63, 3.8) is 0 Å². The summed E-state index contributed by atoms with van der Waals surface area (Å²) in [4.78, 5) is 0. The fourth-order valence-electron chi connectivity index (χ4n) is 2.30. The summed E-state index contributed by atoms with van der Waals surface area (Å²) in [6, 6.07) is 10.2. The number of halogens is 3. The van der Waals surface area contributed by atoms with Crippen molar-refractivity contribution in [3.8, 4) is 11.5 Å². The molecule has 0 saturated heterocycles. The lowest BCUT2D eigenvalue weighted by molar-refractivity contribution is 0.171. The van der Waals surface area contributed by atoms with Gasteiger partial charge in [0, 0.05) is 4.47 Å². The quantitative estimate of drug-likeness (QED) is 0.716. The zero-order chi connectivity index (χ0) is 14.8. The first-order valence-electron chi connectivity index (χ1n) is 6.61. The molecule has 1 atom stereocenters. The highest BCUT2D eigenvalue weighted by Gasteiger charge is 2.19. The zero-order valence-corrected chi connectivity index (χ0v) is 13.5. The summed E-state index contributed by atoms with van der Waals surface area (Å²) in [6.45, 7) is 1.08. The number of ether oxygens (including phenoxy) is 2. The summed E-state index contributed by atoms with van der Waals surface area (Å²) in [5, 5.41) is -0.281. The van der Waals surface area contributed by atoms with Crippen LogP contribution in [0.2, 0.25) is 0 Å². The van der Waals surface area contributed by atoms with Crippen LogP contribution < -0.4 is 9.47 Å². The van der Waals surface area contributed by atoms with Crippen molar-refractivity contribution in [3.05, 3.63) is 57.8 Å². The second-order valence-corrected chi connectivity index (χ2v) is 6.20. The van der Waals surface area contributed by atoms with E-state index in [2.05, 4.69) is 15.9 Å². The van der Waals surface area contributed by atoms with Gasteiger partial charge in [0.15, 0.2) is 11.5 Å². The molecule has 0 aliphatic carbocycles. The maximum Gasteiger partial charge on any atom is 0.162 e. The number of benzene rings is 2. The summed E-state index contributed by atoms with van der Waals surface area (Å²) in [5.41, 5.74) is 1.77. The molecule has 0 amide bonds. The van der Waals surface area contributed by atoms with Gasteiger partial charge in [-0.2, -0.15) is 0 Å². The van der Waals surface area contributed by atoms with E-state index in [1.54, 1.807) is 6.07 Å². The highest BCUT2D eigenvalue weighted by atomic mass is 79.9. The molecule has 21 heavy (non-hydrogen) atoms. The van der Waals surface area contributed by atoms with Crippen molar-refractivity contribution in [1.29, 1.82) is 0 Å². The minimum Gasteiger partial charge on any atom is -0.486 e. The lowest BCUT2D eigenvalue weighted by Crippen LogP contribution is -2.15. The first kappa shape index (κ1) is 14.7. The van der Waals surface area contributed by atoms with E-state index in [-0.39, 0.29) is 11.2 Å². The SMILES string of the molecule is Fc1cccc(CC(Cl)c2cc3c(cc2Br)OCCO3)c1. The minimum atomic E-state index is -0.281. The molecule has 1 aliphatic heterocycles. The highest BCUT2D eigenvalue weighted by molar-refractivity contribution is 9.10. The van der Waals surface area contributed by atoms with Crippen LogP contribution in [0.3, 0.4) is 0 Å². The van der Waals surface area contributed by atoms with Gasteiger partial charge >= 0.3 is 0 Å². The summed E-state index contributed by atoms with van der Waals surface area (Å²) in [7, 11) is 0. The Morgan fingerprint density at radius 3 is 2.57 bits per heavy atom. The first-order chi connectivity index (χ1) is 10.1. The third-order valence-electron chi connectivity index (χ3n) is 3.30. The smallest absolute Gasteiger partial charge is 0.162 e. The van der Waals surface area contributed by atoms with Gasteiger partial charge in [0.1, 0.15) is 19.0 Å². The van der Waals surface area contributed by atoms with E-state index < -0.39 is 0 Å². The van der Waals surface area contributed by atoms with Gasteiger partial charge in [0.2, 0.25) is 0 Å². The van der Waals surface area contributed by atoms with E-state index in [1.807, 2.05) is 18.2 Å². The second kappa shape index (κ2) is 6.24. The molecule has 3 rings (SSSR count).